The number of hydrogen-bond acceptors (Lipinski definition) is 7. The first-order valence-electron chi connectivity index (χ1n) is 13.0. The Bertz CT molecular complexity index is 1290. The van der Waals surface area contributed by atoms with Crippen LogP contribution in [0.5, 0.6) is 5.88 Å². The third-order valence-electron chi connectivity index (χ3n) is 7.28. The highest BCUT2D eigenvalue weighted by Gasteiger charge is 2.52. The van der Waals surface area contributed by atoms with Gasteiger partial charge >= 0.3 is 7.12 Å². The van der Waals surface area contributed by atoms with Gasteiger partial charge in [0, 0.05) is 32.8 Å². The molecule has 0 spiro atoms. The van der Waals surface area contributed by atoms with Gasteiger partial charge in [-0.15, -0.1) is 0 Å². The van der Waals surface area contributed by atoms with Crippen LogP contribution in [-0.4, -0.2) is 60.8 Å². The Hall–Kier alpha value is -2.73. The summed E-state index contributed by atoms with van der Waals surface area (Å²) in [6.07, 6.45) is 3.42. The fourth-order valence-electron chi connectivity index (χ4n) is 4.24. The van der Waals surface area contributed by atoms with Gasteiger partial charge in [0.2, 0.25) is 5.88 Å². The molecule has 11 heteroatoms. The van der Waals surface area contributed by atoms with Crippen LogP contribution in [0.4, 0.5) is 0 Å². The van der Waals surface area contributed by atoms with Gasteiger partial charge in [-0.05, 0) is 56.9 Å². The number of nitrogens with one attached hydrogen (secondary N) is 1. The summed E-state index contributed by atoms with van der Waals surface area (Å²) in [6, 6.07) is 8.45. The summed E-state index contributed by atoms with van der Waals surface area (Å²) >= 11 is 0. The number of carbonyl (C=O) groups excluding carboxylic acids is 1. The van der Waals surface area contributed by atoms with Crippen molar-refractivity contribution >= 4 is 37.5 Å². The molecule has 0 aliphatic carbocycles. The Morgan fingerprint density at radius 3 is 2.50 bits per heavy atom. The van der Waals surface area contributed by atoms with Crippen LogP contribution in [0.3, 0.4) is 0 Å². The molecule has 1 aliphatic heterocycles. The molecule has 0 unspecified atom stereocenters. The number of rotatable bonds is 10. The molecule has 0 saturated carbocycles. The number of hydrogen-bond donors (Lipinski definition) is 1. The molecule has 1 N–H and O–H groups in total. The standard InChI is InChI=1S/C27H39BN4O5Si/c1-26(2)27(3,4)37-28(36-26)22-12-11-19(16-30-24(33)20-10-9-13-29-25(20)34-5)23-21(22)17-31-32(23)18-35-14-15-38(6,7)8/h9-13,17H,14-16,18H2,1-8H3,(H,30,33). The van der Waals surface area contributed by atoms with Crippen molar-refractivity contribution in [1.29, 1.82) is 0 Å². The largest absolute Gasteiger partial charge is 0.495 e. The number of benzene rings is 1. The third-order valence-corrected chi connectivity index (χ3v) is 8.99. The molecule has 3 aromatic rings. The lowest BCUT2D eigenvalue weighted by Crippen LogP contribution is -2.41. The fraction of sp³-hybridized carbons (Fsp3) is 0.519. The SMILES string of the molecule is COc1ncccc1C(=O)NCc1ccc(B2OC(C)(C)C(C)(C)O2)c2cnn(COCC[Si](C)(C)C)c12. The van der Waals surface area contributed by atoms with Crippen molar-refractivity contribution in [3.8, 4) is 5.88 Å². The summed E-state index contributed by atoms with van der Waals surface area (Å²) in [5.41, 5.74) is 2.13. The summed E-state index contributed by atoms with van der Waals surface area (Å²) in [7, 11) is -0.247. The maximum absolute atomic E-state index is 13.0. The average Bonchev–Trinajstić information content (AvgIpc) is 3.36. The predicted octanol–water partition coefficient (Wildman–Crippen LogP) is 3.98. The normalized spacial score (nSPS) is 16.7. The second-order valence-electron chi connectivity index (χ2n) is 11.9. The van der Waals surface area contributed by atoms with Crippen molar-refractivity contribution in [1.82, 2.24) is 20.1 Å². The van der Waals surface area contributed by atoms with Crippen LogP contribution in [0.2, 0.25) is 25.7 Å². The van der Waals surface area contributed by atoms with Crippen molar-refractivity contribution in [3.63, 3.8) is 0 Å². The van der Waals surface area contributed by atoms with Gasteiger partial charge in [0.1, 0.15) is 12.3 Å². The number of aromatic nitrogens is 3. The van der Waals surface area contributed by atoms with Crippen molar-refractivity contribution in [2.24, 2.45) is 0 Å². The van der Waals surface area contributed by atoms with Crippen molar-refractivity contribution in [2.45, 2.75) is 77.9 Å². The van der Waals surface area contributed by atoms with E-state index in [9.17, 15) is 4.79 Å². The van der Waals surface area contributed by atoms with Gasteiger partial charge < -0.3 is 24.1 Å². The zero-order valence-corrected chi connectivity index (χ0v) is 24.8. The lowest BCUT2D eigenvalue weighted by atomic mass is 9.76. The van der Waals surface area contributed by atoms with Crippen molar-refractivity contribution in [3.05, 3.63) is 47.8 Å². The minimum Gasteiger partial charge on any atom is -0.480 e. The lowest BCUT2D eigenvalue weighted by Gasteiger charge is -2.32. The topological polar surface area (TPSA) is 96.7 Å². The second kappa shape index (κ2) is 10.8. The van der Waals surface area contributed by atoms with E-state index in [0.717, 1.165) is 28.0 Å². The Balaban J connectivity index is 1.63. The third kappa shape index (κ3) is 5.96. The van der Waals surface area contributed by atoms with E-state index in [1.807, 2.05) is 50.7 Å². The molecular formula is C27H39BN4O5Si. The van der Waals surface area contributed by atoms with E-state index in [4.69, 9.17) is 18.8 Å². The van der Waals surface area contributed by atoms with Crippen LogP contribution in [0.15, 0.2) is 36.7 Å². The first-order chi connectivity index (χ1) is 17.8. The molecule has 1 aliphatic rings. The van der Waals surface area contributed by atoms with E-state index in [2.05, 4.69) is 35.0 Å². The van der Waals surface area contributed by atoms with Gasteiger partial charge in [0.15, 0.2) is 0 Å². The minimum absolute atomic E-state index is 0.268. The maximum atomic E-state index is 13.0. The highest BCUT2D eigenvalue weighted by atomic mass is 28.3. The Morgan fingerprint density at radius 1 is 1.13 bits per heavy atom. The van der Waals surface area contributed by atoms with E-state index in [1.54, 1.807) is 18.3 Å². The molecule has 0 bridgehead atoms. The number of amides is 1. The summed E-state index contributed by atoms with van der Waals surface area (Å²) in [4.78, 5) is 17.1. The number of methoxy groups -OCH3 is 1. The highest BCUT2D eigenvalue weighted by molar-refractivity contribution is 6.76. The number of carbonyl (C=O) groups is 1. The maximum Gasteiger partial charge on any atom is 0.495 e. The fourth-order valence-corrected chi connectivity index (χ4v) is 4.99. The molecule has 9 nitrogen and oxygen atoms in total. The molecule has 1 saturated heterocycles. The molecule has 0 atom stereocenters. The zero-order valence-electron chi connectivity index (χ0n) is 23.8. The van der Waals surface area contributed by atoms with Gasteiger partial charge in [-0.1, -0.05) is 31.8 Å². The van der Waals surface area contributed by atoms with Gasteiger partial charge in [-0.3, -0.25) is 4.79 Å². The molecule has 1 fully saturated rings. The zero-order chi connectivity index (χ0) is 27.7. The van der Waals surface area contributed by atoms with E-state index >= 15 is 0 Å². The molecule has 38 heavy (non-hydrogen) atoms. The van der Waals surface area contributed by atoms with Crippen LogP contribution in [0.25, 0.3) is 10.9 Å². The van der Waals surface area contributed by atoms with E-state index in [0.29, 0.717) is 18.9 Å². The second-order valence-corrected chi connectivity index (χ2v) is 17.5. The van der Waals surface area contributed by atoms with Crippen molar-refractivity contribution < 1.29 is 23.6 Å². The molecule has 1 aromatic carbocycles. The molecule has 4 rings (SSSR count). The van der Waals surface area contributed by atoms with Gasteiger partial charge in [0.25, 0.3) is 5.91 Å². The Morgan fingerprint density at radius 2 is 1.84 bits per heavy atom. The summed E-state index contributed by atoms with van der Waals surface area (Å²) in [5, 5.41) is 8.57. The van der Waals surface area contributed by atoms with Crippen LogP contribution >= 0.6 is 0 Å². The summed E-state index contributed by atoms with van der Waals surface area (Å²) < 4.78 is 25.8. The molecule has 3 heterocycles. The van der Waals surface area contributed by atoms with Crippen LogP contribution in [0.1, 0.15) is 43.6 Å². The average molecular weight is 539 g/mol. The minimum atomic E-state index is -1.21. The summed E-state index contributed by atoms with van der Waals surface area (Å²) in [6.45, 7) is 16.4. The van der Waals surface area contributed by atoms with Crippen molar-refractivity contribution in [2.75, 3.05) is 13.7 Å². The lowest BCUT2D eigenvalue weighted by molar-refractivity contribution is 0.00578. The number of nitrogens with zero attached hydrogens (tertiary/aromatic N) is 3. The van der Waals surface area contributed by atoms with E-state index < -0.39 is 26.4 Å². The van der Waals surface area contributed by atoms with Crippen LogP contribution < -0.4 is 15.5 Å². The number of ether oxygens (including phenoxy) is 2. The quantitative estimate of drug-likeness (QED) is 0.308. The summed E-state index contributed by atoms with van der Waals surface area (Å²) in [5.74, 6) is 0.0164. The van der Waals surface area contributed by atoms with Gasteiger partial charge in [-0.2, -0.15) is 5.10 Å². The molecule has 204 valence electrons. The van der Waals surface area contributed by atoms with E-state index in [-0.39, 0.29) is 18.3 Å². The van der Waals surface area contributed by atoms with Crippen LogP contribution in [0, 0.1) is 0 Å². The monoisotopic (exact) mass is 538 g/mol. The predicted molar refractivity (Wildman–Crippen MR) is 152 cm³/mol. The Labute approximate surface area is 226 Å². The Kier molecular flexibility index (Phi) is 8.04. The van der Waals surface area contributed by atoms with Crippen LogP contribution in [-0.2, 0) is 27.3 Å². The molecule has 1 amide bonds. The first kappa shape index (κ1) is 28.3. The number of fused-ring (bicyclic) bond motifs is 1. The number of pyridine rings is 1. The van der Waals surface area contributed by atoms with E-state index in [1.165, 1.54) is 7.11 Å². The molecule has 2 aromatic heterocycles. The molecular weight excluding hydrogens is 499 g/mol. The van der Waals surface area contributed by atoms with Gasteiger partial charge in [-0.25, -0.2) is 9.67 Å². The molecule has 0 radical (unpaired) electrons. The first-order valence-corrected chi connectivity index (χ1v) is 16.7. The highest BCUT2D eigenvalue weighted by Crippen LogP contribution is 2.37. The van der Waals surface area contributed by atoms with Gasteiger partial charge in [0.05, 0.1) is 30.0 Å². The smallest absolute Gasteiger partial charge is 0.480 e.